The van der Waals surface area contributed by atoms with Gasteiger partial charge in [0, 0.05) is 23.6 Å². The van der Waals surface area contributed by atoms with Gasteiger partial charge in [-0.1, -0.05) is 36.4 Å². The maximum absolute atomic E-state index is 6.05. The van der Waals surface area contributed by atoms with Gasteiger partial charge in [-0.05, 0) is 30.7 Å². The van der Waals surface area contributed by atoms with Gasteiger partial charge >= 0.3 is 0 Å². The average molecular weight is 266 g/mol. The van der Waals surface area contributed by atoms with Crippen LogP contribution in [0.25, 0.3) is 10.9 Å². The van der Waals surface area contributed by atoms with Gasteiger partial charge < -0.3 is 9.82 Å². The van der Waals surface area contributed by atoms with Crippen molar-refractivity contribution in [3.63, 3.8) is 0 Å². The smallest absolute Gasteiger partial charge is 0.156 e. The number of aromatic amines is 1. The van der Waals surface area contributed by atoms with Crippen LogP contribution in [0.2, 0.25) is 0 Å². The fraction of sp³-hybridized carbons (Fsp3) is 0.176. The van der Waals surface area contributed by atoms with E-state index in [0.29, 0.717) is 0 Å². The number of benzene rings is 2. The van der Waals surface area contributed by atoms with Crippen molar-refractivity contribution in [1.82, 2.24) is 10.0 Å². The van der Waals surface area contributed by atoms with Crippen LogP contribution >= 0.6 is 0 Å². The first-order valence-corrected chi connectivity index (χ1v) is 6.90. The van der Waals surface area contributed by atoms with Crippen LogP contribution in [-0.2, 0) is 6.54 Å². The summed E-state index contributed by atoms with van der Waals surface area (Å²) in [5, 5.41) is 3.08. The molecule has 0 aliphatic carbocycles. The van der Waals surface area contributed by atoms with E-state index in [0.717, 1.165) is 29.7 Å². The summed E-state index contributed by atoms with van der Waals surface area (Å²) in [6.45, 7) is 3.70. The van der Waals surface area contributed by atoms with Crippen LogP contribution < -0.4 is 4.84 Å². The topological polar surface area (TPSA) is 28.3 Å². The zero-order valence-electron chi connectivity index (χ0n) is 11.5. The minimum atomic E-state index is 0.776. The lowest BCUT2D eigenvalue weighted by molar-refractivity contribution is -0.0608. The van der Waals surface area contributed by atoms with Crippen molar-refractivity contribution in [2.24, 2.45) is 0 Å². The summed E-state index contributed by atoms with van der Waals surface area (Å²) in [7, 11) is 0. The quantitative estimate of drug-likeness (QED) is 0.707. The summed E-state index contributed by atoms with van der Waals surface area (Å²) in [6, 6.07) is 18.5. The first kappa shape index (κ1) is 12.8. The third kappa shape index (κ3) is 2.68. The van der Waals surface area contributed by atoms with Crippen molar-refractivity contribution in [3.05, 3.63) is 66.4 Å². The Kier molecular flexibility index (Phi) is 3.70. The van der Waals surface area contributed by atoms with Crippen LogP contribution in [0.15, 0.2) is 60.8 Å². The predicted octanol–water partition coefficient (Wildman–Crippen LogP) is 3.98. The molecule has 2 aromatic carbocycles. The molecule has 0 aliphatic rings. The average Bonchev–Trinajstić information content (AvgIpc) is 2.97. The van der Waals surface area contributed by atoms with Gasteiger partial charge in [-0.3, -0.25) is 0 Å². The monoisotopic (exact) mass is 266 g/mol. The summed E-state index contributed by atoms with van der Waals surface area (Å²) >= 11 is 0. The molecule has 0 fully saturated rings. The van der Waals surface area contributed by atoms with Gasteiger partial charge in [0.15, 0.2) is 5.75 Å². The fourth-order valence-electron chi connectivity index (χ4n) is 2.27. The van der Waals surface area contributed by atoms with Crippen LogP contribution in [0.4, 0.5) is 0 Å². The molecule has 3 aromatic rings. The number of nitrogens with zero attached hydrogens (tertiary/aromatic N) is 1. The lowest BCUT2D eigenvalue weighted by atomic mass is 10.2. The first-order valence-electron chi connectivity index (χ1n) is 6.90. The summed E-state index contributed by atoms with van der Waals surface area (Å²) < 4.78 is 0. The molecule has 0 unspecified atom stereocenters. The lowest BCUT2D eigenvalue weighted by Gasteiger charge is -2.21. The van der Waals surface area contributed by atoms with E-state index < -0.39 is 0 Å². The first-order chi connectivity index (χ1) is 9.86. The molecule has 3 nitrogen and oxygen atoms in total. The maximum atomic E-state index is 6.05. The number of rotatable bonds is 5. The highest BCUT2D eigenvalue weighted by Crippen LogP contribution is 2.25. The Morgan fingerprint density at radius 3 is 2.65 bits per heavy atom. The van der Waals surface area contributed by atoms with E-state index >= 15 is 0 Å². The Morgan fingerprint density at radius 2 is 1.85 bits per heavy atom. The van der Waals surface area contributed by atoms with Crippen molar-refractivity contribution in [3.8, 4) is 5.75 Å². The number of hydrogen-bond acceptors (Lipinski definition) is 2. The third-order valence-corrected chi connectivity index (χ3v) is 3.34. The van der Waals surface area contributed by atoms with E-state index in [9.17, 15) is 0 Å². The van der Waals surface area contributed by atoms with Crippen LogP contribution in [-0.4, -0.2) is 16.6 Å². The van der Waals surface area contributed by atoms with Crippen molar-refractivity contribution in [2.45, 2.75) is 13.5 Å². The van der Waals surface area contributed by atoms with Crippen molar-refractivity contribution >= 4 is 10.9 Å². The molecule has 1 heterocycles. The predicted molar refractivity (Wildman–Crippen MR) is 81.5 cm³/mol. The molecule has 0 saturated carbocycles. The van der Waals surface area contributed by atoms with Crippen LogP contribution in [0, 0.1) is 0 Å². The second kappa shape index (κ2) is 5.80. The molecule has 0 atom stereocenters. The zero-order valence-corrected chi connectivity index (χ0v) is 11.5. The second-order valence-corrected chi connectivity index (χ2v) is 4.73. The molecule has 0 saturated heterocycles. The van der Waals surface area contributed by atoms with Crippen LogP contribution in [0.1, 0.15) is 12.5 Å². The Morgan fingerprint density at radius 1 is 1.00 bits per heavy atom. The number of aromatic nitrogens is 1. The summed E-state index contributed by atoms with van der Waals surface area (Å²) in [5.41, 5.74) is 2.34. The van der Waals surface area contributed by atoms with Gasteiger partial charge in [-0.2, -0.15) is 0 Å². The zero-order chi connectivity index (χ0) is 13.8. The van der Waals surface area contributed by atoms with Crippen molar-refractivity contribution in [1.29, 1.82) is 0 Å². The van der Waals surface area contributed by atoms with E-state index in [1.54, 1.807) is 0 Å². The maximum Gasteiger partial charge on any atom is 0.156 e. The van der Waals surface area contributed by atoms with Gasteiger partial charge in [0.05, 0.1) is 6.54 Å². The molecule has 0 spiro atoms. The Bertz CT molecular complexity index is 676. The van der Waals surface area contributed by atoms with Crippen molar-refractivity contribution < 1.29 is 4.84 Å². The molecule has 0 amide bonds. The SMILES string of the molecule is CCN(Cc1ccccc1)Oc1cccc2[nH]ccc12. The number of fused-ring (bicyclic) bond motifs is 1. The largest absolute Gasteiger partial charge is 0.405 e. The Labute approximate surface area is 118 Å². The molecule has 0 aliphatic heterocycles. The molecule has 102 valence electrons. The standard InChI is InChI=1S/C17H18N2O/c1-2-19(13-14-7-4-3-5-8-14)20-17-10-6-9-16-15(17)11-12-18-16/h3-12,18H,2,13H2,1H3. The summed E-state index contributed by atoms with van der Waals surface area (Å²) in [4.78, 5) is 9.25. The molecule has 0 radical (unpaired) electrons. The van der Waals surface area contributed by atoms with Gasteiger partial charge in [-0.25, -0.2) is 0 Å². The number of hydroxylamine groups is 2. The van der Waals surface area contributed by atoms with E-state index in [1.807, 2.05) is 35.5 Å². The minimum absolute atomic E-state index is 0.776. The van der Waals surface area contributed by atoms with E-state index in [-0.39, 0.29) is 0 Å². The second-order valence-electron chi connectivity index (χ2n) is 4.73. The van der Waals surface area contributed by atoms with Gasteiger partial charge in [-0.15, -0.1) is 5.06 Å². The summed E-state index contributed by atoms with van der Waals surface area (Å²) in [6.07, 6.45) is 1.94. The molecular weight excluding hydrogens is 248 g/mol. The molecule has 3 heteroatoms. The number of nitrogens with one attached hydrogen (secondary N) is 1. The highest BCUT2D eigenvalue weighted by atomic mass is 16.7. The van der Waals surface area contributed by atoms with Gasteiger partial charge in [0.2, 0.25) is 0 Å². The molecular formula is C17H18N2O. The van der Waals surface area contributed by atoms with E-state index in [4.69, 9.17) is 4.84 Å². The fourth-order valence-corrected chi connectivity index (χ4v) is 2.27. The number of H-pyrrole nitrogens is 1. The Hall–Kier alpha value is -2.26. The third-order valence-electron chi connectivity index (χ3n) is 3.34. The van der Waals surface area contributed by atoms with E-state index in [2.05, 4.69) is 42.2 Å². The number of hydrogen-bond donors (Lipinski definition) is 1. The van der Waals surface area contributed by atoms with Crippen LogP contribution in [0.3, 0.4) is 0 Å². The van der Waals surface area contributed by atoms with Gasteiger partial charge in [0.25, 0.3) is 0 Å². The van der Waals surface area contributed by atoms with Crippen LogP contribution in [0.5, 0.6) is 5.75 Å². The van der Waals surface area contributed by atoms with Crippen molar-refractivity contribution in [2.75, 3.05) is 6.54 Å². The minimum Gasteiger partial charge on any atom is -0.405 e. The highest BCUT2D eigenvalue weighted by Gasteiger charge is 2.09. The molecule has 0 bridgehead atoms. The normalized spacial score (nSPS) is 11.1. The van der Waals surface area contributed by atoms with Gasteiger partial charge in [0.1, 0.15) is 0 Å². The summed E-state index contributed by atoms with van der Waals surface area (Å²) in [5.74, 6) is 0.890. The molecule has 20 heavy (non-hydrogen) atoms. The molecule has 1 N–H and O–H groups in total. The lowest BCUT2D eigenvalue weighted by Crippen LogP contribution is -2.26. The van der Waals surface area contributed by atoms with E-state index in [1.165, 1.54) is 5.56 Å². The highest BCUT2D eigenvalue weighted by molar-refractivity contribution is 5.85. The molecule has 1 aromatic heterocycles. The molecule has 3 rings (SSSR count). The Balaban J connectivity index is 1.79.